The summed E-state index contributed by atoms with van der Waals surface area (Å²) in [5.74, 6) is 2.18. The van der Waals surface area contributed by atoms with Crippen molar-refractivity contribution in [2.45, 2.75) is 63.1 Å². The standard InChI is InChI=1S/C46H55ClN9O4P/c1-60-40-23-31(8-11-37(40)50-46-48-24-36(47)43(52-46)49-38-6-4-5-7-41(38)61(2)3)30-16-20-55(21-17-30)34-27-53(28-34)25-29-14-18-54(19-15-29)33-9-10-35-32(22-33)26-56(45(35)59)39-12-13-42(57)51-44(39)58/h4-11,22-24,29-30,34,39H,12-21,25-28H2,1-3H3,(H,51,57,58)(H2,48,49,50,52). The molecule has 1 aromatic heterocycles. The number of benzene rings is 3. The van der Waals surface area contributed by atoms with Gasteiger partial charge < -0.3 is 25.2 Å². The van der Waals surface area contributed by atoms with Crippen molar-refractivity contribution in [1.29, 1.82) is 0 Å². The quantitative estimate of drug-likeness (QED) is 0.106. The topological polar surface area (TPSA) is 135 Å². The van der Waals surface area contributed by atoms with Gasteiger partial charge in [0.2, 0.25) is 17.8 Å². The third-order valence-corrected chi connectivity index (χ3v) is 14.9. The Morgan fingerprint density at radius 3 is 2.44 bits per heavy atom. The van der Waals surface area contributed by atoms with Crippen LogP contribution in [0.3, 0.4) is 0 Å². The number of hydrogen-bond acceptors (Lipinski definition) is 11. The second kappa shape index (κ2) is 17.9. The number of imide groups is 1. The first-order valence-corrected chi connectivity index (χ1v) is 24.2. The summed E-state index contributed by atoms with van der Waals surface area (Å²) >= 11 is 6.53. The number of halogens is 1. The van der Waals surface area contributed by atoms with E-state index >= 15 is 0 Å². The molecule has 320 valence electrons. The van der Waals surface area contributed by atoms with E-state index in [0.717, 1.165) is 99.9 Å². The van der Waals surface area contributed by atoms with E-state index < -0.39 is 6.04 Å². The summed E-state index contributed by atoms with van der Waals surface area (Å²) in [7, 11) is 1.40. The molecule has 5 aliphatic heterocycles. The number of ether oxygens (including phenoxy) is 1. The number of fused-ring (bicyclic) bond motifs is 1. The predicted octanol–water partition coefficient (Wildman–Crippen LogP) is 6.53. The number of para-hydroxylation sites is 1. The molecule has 5 aliphatic rings. The zero-order valence-corrected chi connectivity index (χ0v) is 36.9. The van der Waals surface area contributed by atoms with E-state index in [2.05, 4.69) is 97.5 Å². The highest BCUT2D eigenvalue weighted by Gasteiger charge is 2.40. The molecule has 0 bridgehead atoms. The molecule has 15 heteroatoms. The average Bonchev–Trinajstić information content (AvgIpc) is 3.58. The lowest BCUT2D eigenvalue weighted by atomic mass is 9.87. The molecular formula is C46H55ClN9O4P. The van der Waals surface area contributed by atoms with Gasteiger partial charge in [0.15, 0.2) is 5.82 Å². The summed E-state index contributed by atoms with van der Waals surface area (Å²) in [4.78, 5) is 55.9. The van der Waals surface area contributed by atoms with E-state index in [4.69, 9.17) is 21.3 Å². The molecule has 4 aromatic rings. The number of carbonyl (C=O) groups is 3. The number of nitrogens with zero attached hydrogens (tertiary/aromatic N) is 6. The minimum absolute atomic E-state index is 0.120. The Morgan fingerprint density at radius 2 is 1.69 bits per heavy atom. The Kier molecular flexibility index (Phi) is 12.2. The number of methoxy groups -OCH3 is 1. The normalized spacial score (nSPS) is 20.8. The van der Waals surface area contributed by atoms with Gasteiger partial charge in [0.1, 0.15) is 16.8 Å². The molecule has 1 atom stereocenters. The second-order valence-electron chi connectivity index (χ2n) is 17.4. The highest BCUT2D eigenvalue weighted by Crippen LogP contribution is 2.38. The third kappa shape index (κ3) is 8.94. The molecule has 3 amide bonds. The van der Waals surface area contributed by atoms with E-state index in [-0.39, 0.29) is 32.1 Å². The molecule has 13 nitrogen and oxygen atoms in total. The van der Waals surface area contributed by atoms with E-state index in [1.165, 1.54) is 10.9 Å². The summed E-state index contributed by atoms with van der Waals surface area (Å²) in [5, 5.41) is 10.9. The minimum Gasteiger partial charge on any atom is -0.495 e. The lowest BCUT2D eigenvalue weighted by Crippen LogP contribution is -2.61. The van der Waals surface area contributed by atoms with E-state index in [1.54, 1.807) is 18.2 Å². The van der Waals surface area contributed by atoms with Crippen molar-refractivity contribution in [3.05, 3.63) is 88.6 Å². The maximum Gasteiger partial charge on any atom is 0.255 e. The van der Waals surface area contributed by atoms with Gasteiger partial charge in [-0.25, -0.2) is 4.98 Å². The van der Waals surface area contributed by atoms with Gasteiger partial charge in [0.05, 0.1) is 19.0 Å². The SMILES string of the molecule is COc1cc(C2CCN(C3CN(CC4CCN(c5ccc6c(c5)CN(C5CCC(=O)NC5=O)C6=O)CC4)C3)CC2)ccc1Nc1ncc(Cl)c(Nc2ccccc2P(C)C)n1. The van der Waals surface area contributed by atoms with Gasteiger partial charge in [0.25, 0.3) is 5.91 Å². The van der Waals surface area contributed by atoms with Crippen LogP contribution in [0.2, 0.25) is 5.02 Å². The molecule has 6 heterocycles. The van der Waals surface area contributed by atoms with Crippen LogP contribution in [0.15, 0.2) is 66.9 Å². The van der Waals surface area contributed by atoms with Crippen LogP contribution < -0.4 is 30.9 Å². The fourth-order valence-electron chi connectivity index (χ4n) is 9.81. The number of hydrogen-bond donors (Lipinski definition) is 3. The molecule has 3 aromatic carbocycles. The average molecular weight is 864 g/mol. The molecular weight excluding hydrogens is 809 g/mol. The maximum atomic E-state index is 13.2. The summed E-state index contributed by atoms with van der Waals surface area (Å²) in [6.07, 6.45) is 6.83. The van der Waals surface area contributed by atoms with Crippen molar-refractivity contribution in [2.24, 2.45) is 5.92 Å². The van der Waals surface area contributed by atoms with Crippen LogP contribution >= 0.6 is 19.5 Å². The molecule has 0 saturated carbocycles. The molecule has 0 radical (unpaired) electrons. The van der Waals surface area contributed by atoms with Crippen molar-refractivity contribution in [3.8, 4) is 5.75 Å². The van der Waals surface area contributed by atoms with E-state index in [1.807, 2.05) is 12.1 Å². The van der Waals surface area contributed by atoms with Crippen LogP contribution in [-0.4, -0.2) is 121 Å². The van der Waals surface area contributed by atoms with Crippen molar-refractivity contribution in [1.82, 2.24) is 30.0 Å². The minimum atomic E-state index is -0.585. The van der Waals surface area contributed by atoms with Crippen molar-refractivity contribution >= 4 is 71.4 Å². The van der Waals surface area contributed by atoms with Crippen LogP contribution in [0.25, 0.3) is 0 Å². The number of aromatic nitrogens is 2. The first kappa shape index (κ1) is 41.5. The summed E-state index contributed by atoms with van der Waals surface area (Å²) < 4.78 is 5.87. The van der Waals surface area contributed by atoms with Crippen LogP contribution in [-0.2, 0) is 16.1 Å². The smallest absolute Gasteiger partial charge is 0.255 e. The number of carbonyl (C=O) groups excluding carboxylic acids is 3. The first-order valence-electron chi connectivity index (χ1n) is 21.6. The van der Waals surface area contributed by atoms with Crippen molar-refractivity contribution in [2.75, 3.05) is 81.8 Å². The highest BCUT2D eigenvalue weighted by atomic mass is 35.5. The molecule has 0 spiro atoms. The number of amides is 3. The van der Waals surface area contributed by atoms with Crippen LogP contribution in [0.5, 0.6) is 5.75 Å². The Balaban J connectivity index is 0.719. The second-order valence-corrected chi connectivity index (χ2v) is 20.0. The monoisotopic (exact) mass is 863 g/mol. The number of likely N-dealkylation sites (tertiary alicyclic amines) is 2. The zero-order valence-electron chi connectivity index (χ0n) is 35.2. The summed E-state index contributed by atoms with van der Waals surface area (Å²) in [5.41, 5.74) is 5.89. The van der Waals surface area contributed by atoms with Gasteiger partial charge in [-0.15, -0.1) is 0 Å². The fourth-order valence-corrected chi connectivity index (χ4v) is 10.9. The van der Waals surface area contributed by atoms with Crippen molar-refractivity contribution < 1.29 is 19.1 Å². The number of rotatable bonds is 12. The molecule has 4 fully saturated rings. The molecule has 9 rings (SSSR count). The molecule has 61 heavy (non-hydrogen) atoms. The summed E-state index contributed by atoms with van der Waals surface area (Å²) in [6.45, 7) is 12.6. The number of piperidine rings is 3. The lowest BCUT2D eigenvalue weighted by Gasteiger charge is -2.49. The number of anilines is 5. The fraction of sp³-hybridized carbons (Fsp3) is 0.457. The van der Waals surface area contributed by atoms with E-state index in [9.17, 15) is 14.4 Å². The number of nitrogens with one attached hydrogen (secondary N) is 3. The van der Waals surface area contributed by atoms with Crippen LogP contribution in [0, 0.1) is 5.92 Å². The summed E-state index contributed by atoms with van der Waals surface area (Å²) in [6, 6.07) is 20.9. The van der Waals surface area contributed by atoms with Gasteiger partial charge in [-0.1, -0.05) is 43.8 Å². The Hall–Kier alpha value is -4.81. The molecule has 4 saturated heterocycles. The highest BCUT2D eigenvalue weighted by molar-refractivity contribution is 7.64. The Morgan fingerprint density at radius 1 is 0.902 bits per heavy atom. The lowest BCUT2D eigenvalue weighted by molar-refractivity contribution is -0.136. The first-order chi connectivity index (χ1) is 29.6. The van der Waals surface area contributed by atoms with Gasteiger partial charge in [0, 0.05) is 68.7 Å². The largest absolute Gasteiger partial charge is 0.495 e. The maximum absolute atomic E-state index is 13.2. The van der Waals surface area contributed by atoms with Gasteiger partial charge in [-0.2, -0.15) is 4.98 Å². The molecule has 3 N–H and O–H groups in total. The Labute approximate surface area is 364 Å². The zero-order chi connectivity index (χ0) is 42.2. The predicted molar refractivity (Wildman–Crippen MR) is 243 cm³/mol. The van der Waals surface area contributed by atoms with Crippen LogP contribution in [0.4, 0.5) is 28.8 Å². The van der Waals surface area contributed by atoms with Crippen molar-refractivity contribution in [3.63, 3.8) is 0 Å². The van der Waals surface area contributed by atoms with E-state index in [0.29, 0.717) is 53.2 Å². The van der Waals surface area contributed by atoms with Gasteiger partial charge in [-0.05, 0) is 123 Å². The van der Waals surface area contributed by atoms with Gasteiger partial charge >= 0.3 is 0 Å². The van der Waals surface area contributed by atoms with Gasteiger partial charge in [-0.3, -0.25) is 29.5 Å². The molecule has 0 aliphatic carbocycles. The van der Waals surface area contributed by atoms with Crippen LogP contribution in [0.1, 0.15) is 65.9 Å². The molecule has 1 unspecified atom stereocenters. The third-order valence-electron chi connectivity index (χ3n) is 13.3. The Bertz CT molecular complexity index is 2290.